The van der Waals surface area contributed by atoms with Crippen molar-refractivity contribution in [3.8, 4) is 11.1 Å². The van der Waals surface area contributed by atoms with Crippen molar-refractivity contribution in [2.24, 2.45) is 5.92 Å². The topological polar surface area (TPSA) is 58.2 Å². The largest absolute Gasteiger partial charge is 0.347 e. The first-order chi connectivity index (χ1) is 12.5. The van der Waals surface area contributed by atoms with E-state index in [0.29, 0.717) is 5.02 Å². The highest BCUT2D eigenvalue weighted by Gasteiger charge is 2.22. The molecule has 1 saturated carbocycles. The van der Waals surface area contributed by atoms with E-state index < -0.39 is 0 Å². The maximum absolute atomic E-state index is 12.1. The lowest BCUT2D eigenvalue weighted by Crippen LogP contribution is -2.36. The Hall–Kier alpha value is -2.33. The minimum Gasteiger partial charge on any atom is -0.347 e. The molecular weight excluding hydrogens is 348 g/mol. The molecule has 0 radical (unpaired) electrons. The lowest BCUT2D eigenvalue weighted by atomic mass is 10.0. The molecule has 0 unspecified atom stereocenters. The summed E-state index contributed by atoms with van der Waals surface area (Å²) in [6, 6.07) is 13.5. The van der Waals surface area contributed by atoms with Crippen molar-refractivity contribution in [2.75, 3.05) is 11.9 Å². The Morgan fingerprint density at radius 2 is 1.81 bits per heavy atom. The third kappa shape index (κ3) is 4.64. The minimum absolute atomic E-state index is 0.00478. The molecule has 0 aromatic heterocycles. The molecular formula is C21H23ClN2O2. The van der Waals surface area contributed by atoms with Crippen LogP contribution in [0.1, 0.15) is 31.2 Å². The van der Waals surface area contributed by atoms with E-state index in [1.165, 1.54) is 0 Å². The molecule has 136 valence electrons. The van der Waals surface area contributed by atoms with E-state index in [4.69, 9.17) is 11.6 Å². The second-order valence-electron chi connectivity index (χ2n) is 6.79. The number of amides is 2. The van der Waals surface area contributed by atoms with Crippen molar-refractivity contribution >= 4 is 29.1 Å². The van der Waals surface area contributed by atoms with Crippen LogP contribution in [0, 0.1) is 12.8 Å². The molecule has 0 spiro atoms. The van der Waals surface area contributed by atoms with Gasteiger partial charge in [0.1, 0.15) is 0 Å². The van der Waals surface area contributed by atoms with Gasteiger partial charge in [-0.25, -0.2) is 0 Å². The molecule has 3 rings (SSSR count). The highest BCUT2D eigenvalue weighted by atomic mass is 35.5. The third-order valence-electron chi connectivity index (χ3n) is 4.81. The normalized spacial score (nSPS) is 14.2. The first kappa shape index (κ1) is 18.5. The molecule has 4 nitrogen and oxygen atoms in total. The summed E-state index contributed by atoms with van der Waals surface area (Å²) in [5.74, 6) is -0.151. The summed E-state index contributed by atoms with van der Waals surface area (Å²) in [5.41, 5.74) is 3.77. The van der Waals surface area contributed by atoms with Crippen molar-refractivity contribution in [1.29, 1.82) is 0 Å². The molecule has 2 aromatic rings. The van der Waals surface area contributed by atoms with Gasteiger partial charge in [-0.3, -0.25) is 9.59 Å². The summed E-state index contributed by atoms with van der Waals surface area (Å²) in [6.45, 7) is 1.95. The summed E-state index contributed by atoms with van der Waals surface area (Å²) in [6.07, 6.45) is 4.06. The van der Waals surface area contributed by atoms with Crippen LogP contribution in [0.15, 0.2) is 42.5 Å². The number of aryl methyl sites for hydroxylation is 1. The van der Waals surface area contributed by atoms with E-state index in [1.54, 1.807) is 0 Å². The number of carbonyl (C=O) groups is 2. The van der Waals surface area contributed by atoms with Crippen LogP contribution in [-0.2, 0) is 9.59 Å². The summed E-state index contributed by atoms with van der Waals surface area (Å²) in [7, 11) is 0. The molecule has 1 aliphatic rings. The summed E-state index contributed by atoms with van der Waals surface area (Å²) in [4.78, 5) is 24.1. The molecule has 2 amide bonds. The second-order valence-corrected chi connectivity index (χ2v) is 7.22. The van der Waals surface area contributed by atoms with Crippen molar-refractivity contribution in [1.82, 2.24) is 5.32 Å². The standard InChI is InChI=1S/C21H23ClN2O2/c1-14-11-17(16-7-4-8-18(22)12-16)9-10-19(14)24-20(25)13-23-21(26)15-5-2-3-6-15/h4,7-12,15H,2-3,5-6,13H2,1H3,(H,23,26)(H,24,25). The van der Waals surface area contributed by atoms with E-state index >= 15 is 0 Å². The lowest BCUT2D eigenvalue weighted by molar-refractivity contribution is -0.127. The van der Waals surface area contributed by atoms with E-state index in [0.717, 1.165) is 48.1 Å². The maximum Gasteiger partial charge on any atom is 0.243 e. The number of nitrogens with one attached hydrogen (secondary N) is 2. The smallest absolute Gasteiger partial charge is 0.243 e. The highest BCUT2D eigenvalue weighted by molar-refractivity contribution is 6.30. The predicted molar refractivity (Wildman–Crippen MR) is 105 cm³/mol. The van der Waals surface area contributed by atoms with Gasteiger partial charge in [-0.05, 0) is 60.7 Å². The number of carbonyl (C=O) groups excluding carboxylic acids is 2. The summed E-state index contributed by atoms with van der Waals surface area (Å²) in [5, 5.41) is 6.30. The quantitative estimate of drug-likeness (QED) is 0.810. The average molecular weight is 371 g/mol. The van der Waals surface area contributed by atoms with Crippen LogP contribution in [0.4, 0.5) is 5.69 Å². The van der Waals surface area contributed by atoms with Crippen LogP contribution in [-0.4, -0.2) is 18.4 Å². The summed E-state index contributed by atoms with van der Waals surface area (Å²) >= 11 is 6.05. The van der Waals surface area contributed by atoms with Crippen molar-refractivity contribution in [3.05, 3.63) is 53.1 Å². The number of anilines is 1. The van der Waals surface area contributed by atoms with Crippen LogP contribution in [0.25, 0.3) is 11.1 Å². The maximum atomic E-state index is 12.1. The van der Waals surface area contributed by atoms with Gasteiger partial charge >= 0.3 is 0 Å². The molecule has 0 atom stereocenters. The molecule has 0 heterocycles. The van der Waals surface area contributed by atoms with Crippen LogP contribution >= 0.6 is 11.6 Å². The van der Waals surface area contributed by atoms with E-state index in [1.807, 2.05) is 49.4 Å². The van der Waals surface area contributed by atoms with Gasteiger partial charge in [0.2, 0.25) is 11.8 Å². The minimum atomic E-state index is -0.213. The van der Waals surface area contributed by atoms with Crippen LogP contribution in [0.5, 0.6) is 0 Å². The van der Waals surface area contributed by atoms with Crippen molar-refractivity contribution in [3.63, 3.8) is 0 Å². The number of benzene rings is 2. The number of hydrogen-bond donors (Lipinski definition) is 2. The number of rotatable bonds is 5. The van der Waals surface area contributed by atoms with E-state index in [2.05, 4.69) is 10.6 Å². The second kappa shape index (κ2) is 8.37. The van der Waals surface area contributed by atoms with Crippen LogP contribution in [0.2, 0.25) is 5.02 Å². The zero-order valence-corrected chi connectivity index (χ0v) is 15.6. The Morgan fingerprint density at radius 3 is 2.50 bits per heavy atom. The Bertz CT molecular complexity index is 813. The molecule has 2 aromatic carbocycles. The Balaban J connectivity index is 1.59. The van der Waals surface area contributed by atoms with Crippen molar-refractivity contribution in [2.45, 2.75) is 32.6 Å². The number of halogens is 1. The van der Waals surface area contributed by atoms with Crippen LogP contribution < -0.4 is 10.6 Å². The van der Waals surface area contributed by atoms with Gasteiger partial charge in [0, 0.05) is 16.6 Å². The Kier molecular flexibility index (Phi) is 5.94. The molecule has 2 N–H and O–H groups in total. The van der Waals surface area contributed by atoms with Gasteiger partial charge in [-0.2, -0.15) is 0 Å². The number of hydrogen-bond acceptors (Lipinski definition) is 2. The van der Waals surface area contributed by atoms with Gasteiger partial charge < -0.3 is 10.6 Å². The van der Waals surface area contributed by atoms with E-state index in [9.17, 15) is 9.59 Å². The Morgan fingerprint density at radius 1 is 1.08 bits per heavy atom. The predicted octanol–water partition coefficient (Wildman–Crippen LogP) is 4.56. The van der Waals surface area contributed by atoms with E-state index in [-0.39, 0.29) is 24.3 Å². The molecule has 26 heavy (non-hydrogen) atoms. The molecule has 0 saturated heterocycles. The molecule has 5 heteroatoms. The zero-order valence-electron chi connectivity index (χ0n) is 14.8. The molecule has 1 fully saturated rings. The monoisotopic (exact) mass is 370 g/mol. The molecule has 1 aliphatic carbocycles. The lowest BCUT2D eigenvalue weighted by Gasteiger charge is -2.13. The first-order valence-corrected chi connectivity index (χ1v) is 9.35. The fraction of sp³-hybridized carbons (Fsp3) is 0.333. The zero-order chi connectivity index (χ0) is 18.5. The van der Waals surface area contributed by atoms with Gasteiger partial charge in [-0.15, -0.1) is 0 Å². The van der Waals surface area contributed by atoms with Gasteiger partial charge in [0.15, 0.2) is 0 Å². The molecule has 0 aliphatic heterocycles. The van der Waals surface area contributed by atoms with Gasteiger partial charge in [-0.1, -0.05) is 42.6 Å². The fourth-order valence-corrected chi connectivity index (χ4v) is 3.54. The third-order valence-corrected chi connectivity index (χ3v) is 5.04. The SMILES string of the molecule is Cc1cc(-c2cccc(Cl)c2)ccc1NC(=O)CNC(=O)C1CCCC1. The first-order valence-electron chi connectivity index (χ1n) is 8.97. The van der Waals surface area contributed by atoms with Gasteiger partial charge in [0.05, 0.1) is 6.54 Å². The molecule has 0 bridgehead atoms. The van der Waals surface area contributed by atoms with Gasteiger partial charge in [0.25, 0.3) is 0 Å². The summed E-state index contributed by atoms with van der Waals surface area (Å²) < 4.78 is 0. The van der Waals surface area contributed by atoms with Crippen molar-refractivity contribution < 1.29 is 9.59 Å². The highest BCUT2D eigenvalue weighted by Crippen LogP contribution is 2.27. The fourth-order valence-electron chi connectivity index (χ4n) is 3.35. The average Bonchev–Trinajstić information content (AvgIpc) is 3.16. The van der Waals surface area contributed by atoms with Crippen LogP contribution in [0.3, 0.4) is 0 Å². The Labute approximate surface area is 158 Å².